The number of rotatable bonds is 6. The third-order valence-electron chi connectivity index (χ3n) is 3.33. The zero-order valence-corrected chi connectivity index (χ0v) is 13.3. The molecule has 0 radical (unpaired) electrons. The molecule has 6 heteroatoms. The van der Waals surface area contributed by atoms with Crippen molar-refractivity contribution in [2.75, 3.05) is 19.5 Å². The summed E-state index contributed by atoms with van der Waals surface area (Å²) < 4.78 is 10.2. The van der Waals surface area contributed by atoms with Gasteiger partial charge in [0.2, 0.25) is 5.91 Å². The maximum Gasteiger partial charge on any atom is 0.249 e. The summed E-state index contributed by atoms with van der Waals surface area (Å²) in [6.07, 6.45) is 0. The second-order valence-electron chi connectivity index (χ2n) is 4.88. The molecule has 2 aromatic carbocycles. The molecule has 1 amide bonds. The van der Waals surface area contributed by atoms with Crippen molar-refractivity contribution >= 4 is 17.4 Å². The third-order valence-corrected chi connectivity index (χ3v) is 3.33. The van der Waals surface area contributed by atoms with Crippen LogP contribution in [0.15, 0.2) is 48.5 Å². The van der Waals surface area contributed by atoms with Gasteiger partial charge in [-0.25, -0.2) is 0 Å². The molecular weight excluding hydrogens is 308 g/mol. The molecule has 122 valence electrons. The van der Waals surface area contributed by atoms with Crippen molar-refractivity contribution in [3.63, 3.8) is 0 Å². The Morgan fingerprint density at radius 3 is 2.12 bits per heavy atom. The number of hydrogen-bond acceptors (Lipinski definition) is 5. The number of amides is 1. The molecule has 0 saturated carbocycles. The predicted octanol–water partition coefficient (Wildman–Crippen LogP) is 2.66. The van der Waals surface area contributed by atoms with Crippen LogP contribution in [-0.2, 0) is 4.79 Å². The highest BCUT2D eigenvalue weighted by Gasteiger charge is 2.28. The molecule has 0 aliphatic rings. The summed E-state index contributed by atoms with van der Waals surface area (Å²) in [6.45, 7) is 0. The van der Waals surface area contributed by atoms with Crippen LogP contribution in [0.5, 0.6) is 11.5 Å². The number of para-hydroxylation sites is 1. The van der Waals surface area contributed by atoms with Crippen LogP contribution in [0.1, 0.15) is 10.4 Å². The van der Waals surface area contributed by atoms with Crippen molar-refractivity contribution in [1.29, 1.82) is 5.26 Å². The van der Waals surface area contributed by atoms with Crippen molar-refractivity contribution in [2.24, 2.45) is 5.92 Å². The molecule has 0 fully saturated rings. The number of nitrogens with zero attached hydrogens (tertiary/aromatic N) is 1. The van der Waals surface area contributed by atoms with Gasteiger partial charge in [0.25, 0.3) is 0 Å². The Kier molecular flexibility index (Phi) is 5.53. The maximum atomic E-state index is 12.5. The zero-order chi connectivity index (χ0) is 17.5. The van der Waals surface area contributed by atoms with Crippen molar-refractivity contribution in [1.82, 2.24) is 0 Å². The molecular formula is C18H16N2O4. The maximum absolute atomic E-state index is 12.5. The molecule has 0 spiro atoms. The zero-order valence-electron chi connectivity index (χ0n) is 13.3. The average Bonchev–Trinajstić information content (AvgIpc) is 2.62. The van der Waals surface area contributed by atoms with Gasteiger partial charge in [-0.3, -0.25) is 9.59 Å². The van der Waals surface area contributed by atoms with Gasteiger partial charge in [0.05, 0.1) is 20.3 Å². The van der Waals surface area contributed by atoms with E-state index in [-0.39, 0.29) is 5.56 Å². The number of Topliss-reactive ketones (excluding diaryl/α,β-unsaturated/α-hetero) is 1. The highest BCUT2D eigenvalue weighted by molar-refractivity contribution is 6.15. The van der Waals surface area contributed by atoms with Gasteiger partial charge in [0, 0.05) is 17.3 Å². The molecule has 2 aromatic rings. The van der Waals surface area contributed by atoms with Gasteiger partial charge in [-0.2, -0.15) is 5.26 Å². The average molecular weight is 324 g/mol. The van der Waals surface area contributed by atoms with Crippen LogP contribution in [0.3, 0.4) is 0 Å². The number of carbonyl (C=O) groups is 2. The number of ketones is 1. The Balaban J connectivity index is 2.25. The van der Waals surface area contributed by atoms with E-state index < -0.39 is 17.6 Å². The molecule has 0 bridgehead atoms. The van der Waals surface area contributed by atoms with Gasteiger partial charge in [-0.05, 0) is 24.3 Å². The van der Waals surface area contributed by atoms with Gasteiger partial charge in [0.15, 0.2) is 11.7 Å². The first-order valence-corrected chi connectivity index (χ1v) is 7.12. The SMILES string of the molecule is COc1cc(OC)cc(C(=O)C(C#N)C(=O)Nc2ccccc2)c1. The largest absolute Gasteiger partial charge is 0.497 e. The van der Waals surface area contributed by atoms with E-state index in [0.29, 0.717) is 17.2 Å². The summed E-state index contributed by atoms with van der Waals surface area (Å²) in [6, 6.07) is 14.9. The summed E-state index contributed by atoms with van der Waals surface area (Å²) >= 11 is 0. The second-order valence-corrected chi connectivity index (χ2v) is 4.88. The molecule has 0 aliphatic heterocycles. The number of hydrogen-bond donors (Lipinski definition) is 1. The quantitative estimate of drug-likeness (QED) is 0.652. The summed E-state index contributed by atoms with van der Waals surface area (Å²) in [7, 11) is 2.90. The molecule has 1 unspecified atom stereocenters. The van der Waals surface area contributed by atoms with E-state index in [4.69, 9.17) is 9.47 Å². The lowest BCUT2D eigenvalue weighted by molar-refractivity contribution is -0.117. The highest BCUT2D eigenvalue weighted by Crippen LogP contribution is 2.24. The number of ether oxygens (including phenoxy) is 2. The fraction of sp³-hybridized carbons (Fsp3) is 0.167. The van der Waals surface area contributed by atoms with Crippen LogP contribution in [0.2, 0.25) is 0 Å². The fourth-order valence-corrected chi connectivity index (χ4v) is 2.09. The van der Waals surface area contributed by atoms with Gasteiger partial charge in [-0.15, -0.1) is 0 Å². The lowest BCUT2D eigenvalue weighted by Gasteiger charge is -2.11. The van der Waals surface area contributed by atoms with Crippen LogP contribution >= 0.6 is 0 Å². The lowest BCUT2D eigenvalue weighted by Crippen LogP contribution is -2.28. The molecule has 24 heavy (non-hydrogen) atoms. The molecule has 0 heterocycles. The minimum absolute atomic E-state index is 0.168. The van der Waals surface area contributed by atoms with Gasteiger partial charge in [-0.1, -0.05) is 18.2 Å². The van der Waals surface area contributed by atoms with Crippen molar-refractivity contribution in [3.05, 3.63) is 54.1 Å². The minimum Gasteiger partial charge on any atom is -0.497 e. The van der Waals surface area contributed by atoms with Crippen molar-refractivity contribution in [2.45, 2.75) is 0 Å². The monoisotopic (exact) mass is 324 g/mol. The first kappa shape index (κ1) is 17.0. The molecule has 1 atom stereocenters. The van der Waals surface area contributed by atoms with Crippen LogP contribution < -0.4 is 14.8 Å². The van der Waals surface area contributed by atoms with E-state index in [1.165, 1.54) is 26.4 Å². The summed E-state index contributed by atoms with van der Waals surface area (Å²) in [4.78, 5) is 24.8. The number of nitriles is 1. The van der Waals surface area contributed by atoms with Gasteiger partial charge in [0.1, 0.15) is 11.5 Å². The number of nitrogens with one attached hydrogen (secondary N) is 1. The number of carbonyl (C=O) groups excluding carboxylic acids is 2. The molecule has 0 saturated heterocycles. The van der Waals surface area contributed by atoms with Gasteiger partial charge < -0.3 is 14.8 Å². The normalized spacial score (nSPS) is 11.0. The van der Waals surface area contributed by atoms with E-state index >= 15 is 0 Å². The lowest BCUT2D eigenvalue weighted by atomic mass is 9.97. The third kappa shape index (κ3) is 3.90. The number of anilines is 1. The molecule has 0 aliphatic carbocycles. The standard InChI is InChI=1S/C18H16N2O4/c1-23-14-8-12(9-15(10-14)24-2)17(21)16(11-19)18(22)20-13-6-4-3-5-7-13/h3-10,16H,1-2H3,(H,20,22). The van der Waals surface area contributed by atoms with E-state index in [0.717, 1.165) is 0 Å². The Morgan fingerprint density at radius 1 is 1.04 bits per heavy atom. The summed E-state index contributed by atoms with van der Waals surface area (Å²) in [5, 5.41) is 11.8. The smallest absolute Gasteiger partial charge is 0.249 e. The highest BCUT2D eigenvalue weighted by atomic mass is 16.5. The first-order chi connectivity index (χ1) is 11.6. The number of methoxy groups -OCH3 is 2. The van der Waals surface area contributed by atoms with E-state index in [1.54, 1.807) is 42.5 Å². The Morgan fingerprint density at radius 2 is 1.62 bits per heavy atom. The fourth-order valence-electron chi connectivity index (χ4n) is 2.09. The molecule has 2 rings (SSSR count). The van der Waals surface area contributed by atoms with Crippen LogP contribution in [-0.4, -0.2) is 25.9 Å². The Hall–Kier alpha value is -3.33. The molecule has 0 aromatic heterocycles. The molecule has 6 nitrogen and oxygen atoms in total. The first-order valence-electron chi connectivity index (χ1n) is 7.12. The Bertz CT molecular complexity index is 759. The van der Waals surface area contributed by atoms with Crippen LogP contribution in [0.25, 0.3) is 0 Å². The molecule has 1 N–H and O–H groups in total. The topological polar surface area (TPSA) is 88.4 Å². The van der Waals surface area contributed by atoms with Gasteiger partial charge >= 0.3 is 0 Å². The number of benzene rings is 2. The summed E-state index contributed by atoms with van der Waals surface area (Å²) in [5.41, 5.74) is 0.680. The van der Waals surface area contributed by atoms with E-state index in [1.807, 2.05) is 0 Å². The van der Waals surface area contributed by atoms with Crippen LogP contribution in [0, 0.1) is 17.2 Å². The predicted molar refractivity (Wildman–Crippen MR) is 88.1 cm³/mol. The van der Waals surface area contributed by atoms with Crippen molar-refractivity contribution in [3.8, 4) is 17.6 Å². The Labute approximate surface area is 139 Å². The van der Waals surface area contributed by atoms with E-state index in [2.05, 4.69) is 5.32 Å². The summed E-state index contributed by atoms with van der Waals surface area (Å²) in [5.74, 6) is -1.98. The van der Waals surface area contributed by atoms with E-state index in [9.17, 15) is 14.9 Å². The van der Waals surface area contributed by atoms with Crippen LogP contribution in [0.4, 0.5) is 5.69 Å². The minimum atomic E-state index is -1.47. The second kappa shape index (κ2) is 7.79. The van der Waals surface area contributed by atoms with Crippen molar-refractivity contribution < 1.29 is 19.1 Å².